The van der Waals surface area contributed by atoms with Crippen LogP contribution < -0.4 is 0 Å². The molecule has 1 aromatic heterocycles. The van der Waals surface area contributed by atoms with Crippen molar-refractivity contribution in [1.29, 1.82) is 0 Å². The molecule has 1 aliphatic rings. The zero-order valence-electron chi connectivity index (χ0n) is 18.3. The van der Waals surface area contributed by atoms with Gasteiger partial charge in [-0.2, -0.15) is 0 Å². The maximum atomic E-state index is 5.25. The van der Waals surface area contributed by atoms with Crippen molar-refractivity contribution >= 4 is 21.7 Å². The van der Waals surface area contributed by atoms with Crippen LogP contribution in [0.3, 0.4) is 0 Å². The van der Waals surface area contributed by atoms with Crippen molar-refractivity contribution in [2.24, 2.45) is 0 Å². The Morgan fingerprint density at radius 2 is 1.73 bits per heavy atom. The molecule has 2 nitrogen and oxygen atoms in total. The molecule has 0 unspecified atom stereocenters. The summed E-state index contributed by atoms with van der Waals surface area (Å²) in [4.78, 5) is 7.84. The van der Waals surface area contributed by atoms with Crippen LogP contribution in [0.4, 0.5) is 0 Å². The fourth-order valence-electron chi connectivity index (χ4n) is 4.94. The van der Waals surface area contributed by atoms with Gasteiger partial charge >= 0.3 is 0 Å². The maximum absolute atomic E-state index is 5.25. The normalized spacial score (nSPS) is 14.5. The quantitative estimate of drug-likeness (QED) is 0.348. The van der Waals surface area contributed by atoms with Crippen molar-refractivity contribution in [2.45, 2.75) is 46.1 Å². The van der Waals surface area contributed by atoms with Gasteiger partial charge in [-0.3, -0.25) is 4.90 Å². The van der Waals surface area contributed by atoms with Gasteiger partial charge in [-0.25, -0.2) is 4.98 Å². The van der Waals surface area contributed by atoms with E-state index in [1.807, 2.05) is 0 Å². The summed E-state index contributed by atoms with van der Waals surface area (Å²) < 4.78 is 0. The Hall–Kier alpha value is -2.71. The van der Waals surface area contributed by atoms with Crippen molar-refractivity contribution in [3.63, 3.8) is 0 Å². The third kappa shape index (κ3) is 3.30. The molecule has 0 spiro atoms. The van der Waals surface area contributed by atoms with Crippen LogP contribution in [-0.4, -0.2) is 23.0 Å². The summed E-state index contributed by atoms with van der Waals surface area (Å²) in [5.41, 5.74) is 7.85. The molecule has 0 aliphatic carbocycles. The van der Waals surface area contributed by atoms with Crippen LogP contribution in [0.1, 0.15) is 49.8 Å². The second-order valence-electron chi connectivity index (χ2n) is 8.90. The topological polar surface area (TPSA) is 16.1 Å². The molecule has 0 amide bonds. The Morgan fingerprint density at radius 3 is 2.50 bits per heavy atom. The van der Waals surface area contributed by atoms with E-state index in [0.29, 0.717) is 5.92 Å². The molecule has 0 saturated heterocycles. The van der Waals surface area contributed by atoms with Gasteiger partial charge in [0.2, 0.25) is 0 Å². The first-order chi connectivity index (χ1) is 14.7. The molecule has 0 atom stereocenters. The number of benzene rings is 3. The lowest BCUT2D eigenvalue weighted by Crippen LogP contribution is -2.32. The van der Waals surface area contributed by atoms with Gasteiger partial charge in [-0.15, -0.1) is 0 Å². The lowest BCUT2D eigenvalue weighted by molar-refractivity contribution is 0.255. The Bertz CT molecular complexity index is 1200. The largest absolute Gasteiger partial charge is 0.299 e. The highest BCUT2D eigenvalue weighted by Crippen LogP contribution is 2.37. The van der Waals surface area contributed by atoms with Gasteiger partial charge in [0.1, 0.15) is 0 Å². The first-order valence-electron chi connectivity index (χ1n) is 11.3. The summed E-state index contributed by atoms with van der Waals surface area (Å²) in [6.07, 6.45) is 2.29. The van der Waals surface area contributed by atoms with Gasteiger partial charge in [0, 0.05) is 24.0 Å². The molecule has 2 heteroatoms. The minimum atomic E-state index is 0.545. The summed E-state index contributed by atoms with van der Waals surface area (Å²) in [6, 6.07) is 22.3. The monoisotopic (exact) mass is 394 g/mol. The van der Waals surface area contributed by atoms with Gasteiger partial charge in [0.25, 0.3) is 0 Å². The van der Waals surface area contributed by atoms with E-state index in [0.717, 1.165) is 31.6 Å². The molecule has 1 aliphatic heterocycles. The van der Waals surface area contributed by atoms with Crippen LogP contribution in [0.15, 0.2) is 60.7 Å². The standard InChI is InChI=1S/C28H30N2/c1-4-16-30-17-15-24-25(18-30)28(22-11-9-20(10-12-22)19(2)3)29-26-14-13-21-7-5-6-8-23(21)27(24)26/h5-14,19H,4,15-18H2,1-3H3. The molecule has 0 N–H and O–H groups in total. The molecule has 30 heavy (non-hydrogen) atoms. The fourth-order valence-corrected chi connectivity index (χ4v) is 4.94. The van der Waals surface area contributed by atoms with Crippen molar-refractivity contribution in [1.82, 2.24) is 9.88 Å². The SMILES string of the molecule is CCCN1CCc2c(c(-c3ccc(C(C)C)cc3)nc3ccc4ccccc4c23)C1. The Balaban J connectivity index is 1.76. The van der Waals surface area contributed by atoms with E-state index in [-0.39, 0.29) is 0 Å². The highest BCUT2D eigenvalue weighted by atomic mass is 15.1. The highest BCUT2D eigenvalue weighted by Gasteiger charge is 2.24. The molecule has 0 bridgehead atoms. The lowest BCUT2D eigenvalue weighted by Gasteiger charge is -2.31. The number of hydrogen-bond acceptors (Lipinski definition) is 2. The Labute approximate surface area is 179 Å². The zero-order chi connectivity index (χ0) is 20.7. The summed E-state index contributed by atoms with van der Waals surface area (Å²) in [5.74, 6) is 0.545. The van der Waals surface area contributed by atoms with Crippen LogP contribution in [0.25, 0.3) is 32.9 Å². The summed E-state index contributed by atoms with van der Waals surface area (Å²) in [7, 11) is 0. The molecule has 5 rings (SSSR count). The molecule has 3 aromatic carbocycles. The van der Waals surface area contributed by atoms with E-state index in [2.05, 4.69) is 86.3 Å². The van der Waals surface area contributed by atoms with Crippen LogP contribution in [0.2, 0.25) is 0 Å². The maximum Gasteiger partial charge on any atom is 0.0757 e. The average Bonchev–Trinajstić information content (AvgIpc) is 2.78. The molecular weight excluding hydrogens is 364 g/mol. The van der Waals surface area contributed by atoms with Crippen molar-refractivity contribution in [3.8, 4) is 11.3 Å². The molecule has 2 heterocycles. The minimum absolute atomic E-state index is 0.545. The third-order valence-electron chi connectivity index (χ3n) is 6.54. The number of aromatic nitrogens is 1. The first-order valence-corrected chi connectivity index (χ1v) is 11.3. The van der Waals surface area contributed by atoms with Crippen molar-refractivity contribution < 1.29 is 0 Å². The first kappa shape index (κ1) is 19.3. The van der Waals surface area contributed by atoms with E-state index in [1.54, 1.807) is 0 Å². The van der Waals surface area contributed by atoms with E-state index in [1.165, 1.54) is 50.5 Å². The smallest absolute Gasteiger partial charge is 0.0757 e. The summed E-state index contributed by atoms with van der Waals surface area (Å²) >= 11 is 0. The van der Waals surface area contributed by atoms with Gasteiger partial charge in [-0.1, -0.05) is 75.4 Å². The van der Waals surface area contributed by atoms with E-state index in [9.17, 15) is 0 Å². The van der Waals surface area contributed by atoms with Crippen LogP contribution in [-0.2, 0) is 13.0 Å². The van der Waals surface area contributed by atoms with Gasteiger partial charge in [0.05, 0.1) is 11.2 Å². The Kier molecular flexibility index (Phi) is 5.04. The third-order valence-corrected chi connectivity index (χ3v) is 6.54. The van der Waals surface area contributed by atoms with Crippen LogP contribution in [0, 0.1) is 0 Å². The zero-order valence-corrected chi connectivity index (χ0v) is 18.3. The van der Waals surface area contributed by atoms with Crippen LogP contribution in [0.5, 0.6) is 0 Å². The molecule has 4 aromatic rings. The second-order valence-corrected chi connectivity index (χ2v) is 8.90. The number of rotatable bonds is 4. The van der Waals surface area contributed by atoms with Gasteiger partial charge in [-0.05, 0) is 58.8 Å². The van der Waals surface area contributed by atoms with E-state index < -0.39 is 0 Å². The average molecular weight is 395 g/mol. The molecule has 0 fully saturated rings. The lowest BCUT2D eigenvalue weighted by atomic mass is 9.89. The van der Waals surface area contributed by atoms with Crippen molar-refractivity contribution in [3.05, 3.63) is 77.4 Å². The molecule has 0 radical (unpaired) electrons. The van der Waals surface area contributed by atoms with E-state index >= 15 is 0 Å². The summed E-state index contributed by atoms with van der Waals surface area (Å²) in [5, 5.41) is 4.00. The molecule has 152 valence electrons. The number of nitrogens with zero attached hydrogens (tertiary/aromatic N) is 2. The number of pyridine rings is 1. The van der Waals surface area contributed by atoms with E-state index in [4.69, 9.17) is 4.98 Å². The number of hydrogen-bond donors (Lipinski definition) is 0. The fraction of sp³-hybridized carbons (Fsp3) is 0.321. The van der Waals surface area contributed by atoms with Gasteiger partial charge in [0.15, 0.2) is 0 Å². The minimum Gasteiger partial charge on any atom is -0.299 e. The second kappa shape index (κ2) is 7.85. The van der Waals surface area contributed by atoms with Crippen molar-refractivity contribution in [2.75, 3.05) is 13.1 Å². The molecule has 0 saturated carbocycles. The predicted molar refractivity (Wildman–Crippen MR) is 128 cm³/mol. The predicted octanol–water partition coefficient (Wildman–Crippen LogP) is 6.95. The summed E-state index contributed by atoms with van der Waals surface area (Å²) in [6.45, 7) is 10.1. The molecular formula is C28H30N2. The number of fused-ring (bicyclic) bond motifs is 5. The highest BCUT2D eigenvalue weighted by molar-refractivity contribution is 6.09. The van der Waals surface area contributed by atoms with Crippen LogP contribution >= 0.6 is 0 Å². The Morgan fingerprint density at radius 1 is 0.933 bits per heavy atom. The van der Waals surface area contributed by atoms with Gasteiger partial charge < -0.3 is 0 Å².